The third kappa shape index (κ3) is 2.25. The van der Waals surface area contributed by atoms with Gasteiger partial charge >= 0.3 is 0 Å². The van der Waals surface area contributed by atoms with Crippen LogP contribution in [-0.4, -0.2) is 17.9 Å². The number of amidine groups is 1. The van der Waals surface area contributed by atoms with Crippen LogP contribution in [0.25, 0.3) is 0 Å². The molecular formula is C13H14N4. The van der Waals surface area contributed by atoms with Crippen LogP contribution in [-0.2, 0) is 0 Å². The number of pyridine rings is 1. The normalized spacial score (nSPS) is 9.94. The van der Waals surface area contributed by atoms with Crippen molar-refractivity contribution in [2.24, 2.45) is 5.73 Å². The predicted molar refractivity (Wildman–Crippen MR) is 69.8 cm³/mol. The average Bonchev–Trinajstić information content (AvgIpc) is 2.39. The lowest BCUT2D eigenvalue weighted by Crippen LogP contribution is -2.18. The summed E-state index contributed by atoms with van der Waals surface area (Å²) in [5, 5.41) is 7.56. The largest absolute Gasteiger partial charge is 0.384 e. The maximum atomic E-state index is 7.56. The first-order valence-electron chi connectivity index (χ1n) is 5.28. The number of benzene rings is 1. The van der Waals surface area contributed by atoms with Crippen LogP contribution in [0.2, 0.25) is 0 Å². The fraction of sp³-hybridized carbons (Fsp3) is 0.0769. The minimum atomic E-state index is 0.0587. The summed E-state index contributed by atoms with van der Waals surface area (Å²) in [5.74, 6) is 0.879. The zero-order valence-electron chi connectivity index (χ0n) is 9.59. The van der Waals surface area contributed by atoms with E-state index in [1.54, 1.807) is 6.20 Å². The summed E-state index contributed by atoms with van der Waals surface area (Å²) in [6.45, 7) is 0. The molecule has 0 spiro atoms. The van der Waals surface area contributed by atoms with Crippen molar-refractivity contribution < 1.29 is 0 Å². The predicted octanol–water partition coefficient (Wildman–Crippen LogP) is 2.13. The van der Waals surface area contributed by atoms with Crippen LogP contribution in [0.1, 0.15) is 5.56 Å². The fourth-order valence-electron chi connectivity index (χ4n) is 1.67. The van der Waals surface area contributed by atoms with Gasteiger partial charge < -0.3 is 10.6 Å². The molecule has 0 aliphatic heterocycles. The second-order valence-electron chi connectivity index (χ2n) is 3.68. The number of nitrogens with two attached hydrogens (primary N) is 1. The van der Waals surface area contributed by atoms with Crippen LogP contribution in [0, 0.1) is 5.41 Å². The van der Waals surface area contributed by atoms with E-state index < -0.39 is 0 Å². The Balaban J connectivity index is 2.44. The van der Waals surface area contributed by atoms with E-state index in [1.165, 1.54) is 0 Å². The summed E-state index contributed by atoms with van der Waals surface area (Å²) in [5.41, 5.74) is 7.15. The number of rotatable bonds is 3. The Morgan fingerprint density at radius 1 is 1.18 bits per heavy atom. The van der Waals surface area contributed by atoms with E-state index >= 15 is 0 Å². The van der Waals surface area contributed by atoms with Crippen molar-refractivity contribution in [1.29, 1.82) is 5.41 Å². The minimum absolute atomic E-state index is 0.0587. The molecule has 4 heteroatoms. The monoisotopic (exact) mass is 226 g/mol. The van der Waals surface area contributed by atoms with Crippen LogP contribution in [0.4, 0.5) is 11.5 Å². The van der Waals surface area contributed by atoms with Gasteiger partial charge in [0, 0.05) is 18.8 Å². The zero-order valence-corrected chi connectivity index (χ0v) is 9.59. The molecule has 0 radical (unpaired) electrons. The summed E-state index contributed by atoms with van der Waals surface area (Å²) in [4.78, 5) is 6.18. The van der Waals surface area contributed by atoms with Gasteiger partial charge in [0.15, 0.2) is 0 Å². The van der Waals surface area contributed by atoms with Gasteiger partial charge in [-0.15, -0.1) is 0 Å². The third-order valence-electron chi connectivity index (χ3n) is 2.55. The lowest BCUT2D eigenvalue weighted by atomic mass is 10.1. The first-order chi connectivity index (χ1) is 8.20. The van der Waals surface area contributed by atoms with Gasteiger partial charge in [0.05, 0.1) is 5.69 Å². The average molecular weight is 226 g/mol. The van der Waals surface area contributed by atoms with Crippen molar-refractivity contribution in [1.82, 2.24) is 4.98 Å². The summed E-state index contributed by atoms with van der Waals surface area (Å²) >= 11 is 0. The molecular weight excluding hydrogens is 212 g/mol. The Morgan fingerprint density at radius 2 is 1.88 bits per heavy atom. The minimum Gasteiger partial charge on any atom is -0.384 e. The smallest absolute Gasteiger partial charge is 0.132 e. The van der Waals surface area contributed by atoms with Crippen molar-refractivity contribution in [3.63, 3.8) is 0 Å². The Bertz CT molecular complexity index is 522. The van der Waals surface area contributed by atoms with Gasteiger partial charge in [0.1, 0.15) is 11.7 Å². The molecule has 0 unspecified atom stereocenters. The fourth-order valence-corrected chi connectivity index (χ4v) is 1.67. The maximum absolute atomic E-state index is 7.56. The molecule has 86 valence electrons. The number of nitrogen functional groups attached to an aromatic ring is 1. The van der Waals surface area contributed by atoms with Gasteiger partial charge in [-0.05, 0) is 24.3 Å². The maximum Gasteiger partial charge on any atom is 0.132 e. The molecule has 2 aromatic rings. The van der Waals surface area contributed by atoms with Crippen molar-refractivity contribution in [2.45, 2.75) is 0 Å². The highest BCUT2D eigenvalue weighted by atomic mass is 15.2. The van der Waals surface area contributed by atoms with Gasteiger partial charge in [-0.25, -0.2) is 4.98 Å². The van der Waals surface area contributed by atoms with Gasteiger partial charge in [0.2, 0.25) is 0 Å². The molecule has 0 fully saturated rings. The molecule has 3 N–H and O–H groups in total. The molecule has 4 nitrogen and oxygen atoms in total. The summed E-state index contributed by atoms with van der Waals surface area (Å²) in [7, 11) is 1.91. The van der Waals surface area contributed by atoms with Crippen LogP contribution in [0.3, 0.4) is 0 Å². The van der Waals surface area contributed by atoms with Crippen LogP contribution in [0.5, 0.6) is 0 Å². The number of hydrogen-bond acceptors (Lipinski definition) is 3. The van der Waals surface area contributed by atoms with E-state index in [2.05, 4.69) is 4.98 Å². The third-order valence-corrected chi connectivity index (χ3v) is 2.55. The van der Waals surface area contributed by atoms with Crippen molar-refractivity contribution >= 4 is 17.3 Å². The van der Waals surface area contributed by atoms with E-state index in [0.717, 1.165) is 11.5 Å². The van der Waals surface area contributed by atoms with Crippen molar-refractivity contribution in [2.75, 3.05) is 11.9 Å². The van der Waals surface area contributed by atoms with Gasteiger partial charge in [0.25, 0.3) is 0 Å². The standard InChI is InChI=1S/C13H14N4/c1-17(12-8-4-5-9-16-12)11-7-3-2-6-10(11)13(14)15/h2-9H,1H3,(H3,14,15). The second-order valence-corrected chi connectivity index (χ2v) is 3.68. The second kappa shape index (κ2) is 4.65. The van der Waals surface area contributed by atoms with E-state index in [-0.39, 0.29) is 5.84 Å². The number of anilines is 2. The Labute approximate surface area is 100 Å². The lowest BCUT2D eigenvalue weighted by molar-refractivity contribution is 1.12. The van der Waals surface area contributed by atoms with Crippen molar-refractivity contribution in [3.8, 4) is 0 Å². The highest BCUT2D eigenvalue weighted by Crippen LogP contribution is 2.24. The Hall–Kier alpha value is -2.36. The number of aromatic nitrogens is 1. The number of nitrogens with zero attached hydrogens (tertiary/aromatic N) is 2. The van der Waals surface area contributed by atoms with Crippen LogP contribution < -0.4 is 10.6 Å². The molecule has 0 amide bonds. The molecule has 0 aliphatic rings. The highest BCUT2D eigenvalue weighted by Gasteiger charge is 2.10. The summed E-state index contributed by atoms with van der Waals surface area (Å²) in [6, 6.07) is 13.2. The first kappa shape index (κ1) is 11.1. The topological polar surface area (TPSA) is 66.0 Å². The Morgan fingerprint density at radius 3 is 2.53 bits per heavy atom. The zero-order chi connectivity index (χ0) is 12.3. The molecule has 1 aromatic carbocycles. The van der Waals surface area contributed by atoms with E-state index in [0.29, 0.717) is 5.56 Å². The van der Waals surface area contributed by atoms with Crippen molar-refractivity contribution in [3.05, 3.63) is 54.2 Å². The van der Waals surface area contributed by atoms with Crippen LogP contribution in [0.15, 0.2) is 48.7 Å². The highest BCUT2D eigenvalue weighted by molar-refractivity contribution is 6.01. The molecule has 1 heterocycles. The molecule has 0 bridgehead atoms. The molecule has 0 saturated heterocycles. The first-order valence-corrected chi connectivity index (χ1v) is 5.28. The lowest BCUT2D eigenvalue weighted by Gasteiger charge is -2.20. The quantitative estimate of drug-likeness (QED) is 0.622. The number of nitrogens with one attached hydrogen (secondary N) is 1. The molecule has 2 rings (SSSR count). The van der Waals surface area contributed by atoms with Crippen LogP contribution >= 0.6 is 0 Å². The number of para-hydroxylation sites is 1. The van der Waals surface area contributed by atoms with Gasteiger partial charge in [-0.1, -0.05) is 18.2 Å². The summed E-state index contributed by atoms with van der Waals surface area (Å²) < 4.78 is 0. The molecule has 0 saturated carbocycles. The SMILES string of the molecule is CN(c1ccccn1)c1ccccc1C(=N)N. The molecule has 1 aromatic heterocycles. The molecule has 0 atom stereocenters. The molecule has 17 heavy (non-hydrogen) atoms. The van der Waals surface area contributed by atoms with Gasteiger partial charge in [-0.2, -0.15) is 0 Å². The summed E-state index contributed by atoms with van der Waals surface area (Å²) in [6.07, 6.45) is 1.74. The molecule has 0 aliphatic carbocycles. The Kier molecular flexibility index (Phi) is 3.05. The van der Waals surface area contributed by atoms with E-state index in [9.17, 15) is 0 Å². The number of hydrogen-bond donors (Lipinski definition) is 2. The van der Waals surface area contributed by atoms with Gasteiger partial charge in [-0.3, -0.25) is 5.41 Å². The van der Waals surface area contributed by atoms with E-state index in [1.807, 2.05) is 54.4 Å². The van der Waals surface area contributed by atoms with E-state index in [4.69, 9.17) is 11.1 Å².